The highest BCUT2D eigenvalue weighted by Crippen LogP contribution is 2.29. The van der Waals surface area contributed by atoms with Crippen LogP contribution in [0.2, 0.25) is 0 Å². The van der Waals surface area contributed by atoms with E-state index in [2.05, 4.69) is 26.6 Å². The molecule has 0 spiro atoms. The van der Waals surface area contributed by atoms with Gasteiger partial charge in [0.1, 0.15) is 5.92 Å². The van der Waals surface area contributed by atoms with Crippen LogP contribution in [-0.4, -0.2) is 31.3 Å². The molecule has 6 nitrogen and oxygen atoms in total. The molecule has 0 bridgehead atoms. The Morgan fingerprint density at radius 2 is 1.93 bits per heavy atom. The fourth-order valence-electron chi connectivity index (χ4n) is 3.24. The van der Waals surface area contributed by atoms with E-state index in [4.69, 9.17) is 0 Å². The lowest BCUT2D eigenvalue weighted by atomic mass is 10.0. The summed E-state index contributed by atoms with van der Waals surface area (Å²) in [6, 6.07) is 12.7. The van der Waals surface area contributed by atoms with Crippen LogP contribution in [0.3, 0.4) is 0 Å². The molecule has 0 radical (unpaired) electrons. The highest BCUT2D eigenvalue weighted by atomic mass is 79.9. The number of carbonyl (C=O) groups excluding carboxylic acids is 3. The zero-order valence-corrected chi connectivity index (χ0v) is 16.7. The number of carbonyl (C=O) groups is 3. The molecule has 2 N–H and O–H groups in total. The van der Waals surface area contributed by atoms with Crippen molar-refractivity contribution in [2.75, 3.05) is 23.8 Å². The third-order valence-corrected chi connectivity index (χ3v) is 5.12. The van der Waals surface area contributed by atoms with Crippen molar-refractivity contribution < 1.29 is 14.4 Å². The molecule has 7 heteroatoms. The molecule has 3 rings (SSSR count). The van der Waals surface area contributed by atoms with Crippen molar-refractivity contribution >= 4 is 45.0 Å². The van der Waals surface area contributed by atoms with Gasteiger partial charge < -0.3 is 15.5 Å². The average Bonchev–Trinajstić information content (AvgIpc) is 3.03. The van der Waals surface area contributed by atoms with Gasteiger partial charge in [-0.2, -0.15) is 0 Å². The molecule has 1 atom stereocenters. The summed E-state index contributed by atoms with van der Waals surface area (Å²) in [5.41, 5.74) is 2.32. The molecule has 1 aliphatic heterocycles. The number of hydrogen-bond acceptors (Lipinski definition) is 3. The summed E-state index contributed by atoms with van der Waals surface area (Å²) in [5, 5.41) is 5.34. The molecule has 27 heavy (non-hydrogen) atoms. The largest absolute Gasteiger partial charge is 0.355 e. The number of halogens is 1. The summed E-state index contributed by atoms with van der Waals surface area (Å²) in [4.78, 5) is 39.3. The molecule has 3 amide bonds. The van der Waals surface area contributed by atoms with Gasteiger partial charge >= 0.3 is 0 Å². The third-order valence-electron chi connectivity index (χ3n) is 4.63. The van der Waals surface area contributed by atoms with Crippen LogP contribution < -0.4 is 15.5 Å². The summed E-state index contributed by atoms with van der Waals surface area (Å²) >= 11 is 3.40. The second-order valence-electron chi connectivity index (χ2n) is 6.38. The normalized spacial score (nSPS) is 16.3. The minimum atomic E-state index is -0.776. The zero-order valence-electron chi connectivity index (χ0n) is 15.1. The van der Waals surface area contributed by atoms with Crippen LogP contribution in [0.15, 0.2) is 46.9 Å². The summed E-state index contributed by atoms with van der Waals surface area (Å²) < 4.78 is 0.871. The summed E-state index contributed by atoms with van der Waals surface area (Å²) in [6.07, 6.45) is 0.429. The van der Waals surface area contributed by atoms with Crippen molar-refractivity contribution in [1.29, 1.82) is 0 Å². The van der Waals surface area contributed by atoms with Gasteiger partial charge in [-0.05, 0) is 43.2 Å². The number of nitrogens with one attached hydrogen (secondary N) is 2. The van der Waals surface area contributed by atoms with E-state index in [9.17, 15) is 14.4 Å². The van der Waals surface area contributed by atoms with Crippen LogP contribution in [0.5, 0.6) is 0 Å². The van der Waals surface area contributed by atoms with Gasteiger partial charge in [-0.1, -0.05) is 34.1 Å². The number of hydrogen-bond donors (Lipinski definition) is 2. The maximum Gasteiger partial charge on any atom is 0.253 e. The van der Waals surface area contributed by atoms with Crippen LogP contribution in [0.4, 0.5) is 11.4 Å². The van der Waals surface area contributed by atoms with E-state index >= 15 is 0 Å². The fourth-order valence-corrected chi connectivity index (χ4v) is 3.63. The Kier molecular flexibility index (Phi) is 5.60. The monoisotopic (exact) mass is 429 g/mol. The summed E-state index contributed by atoms with van der Waals surface area (Å²) in [7, 11) is 1.54. The molecule has 1 unspecified atom stereocenters. The Morgan fingerprint density at radius 1 is 1.19 bits per heavy atom. The smallest absolute Gasteiger partial charge is 0.253 e. The third kappa shape index (κ3) is 3.88. The summed E-state index contributed by atoms with van der Waals surface area (Å²) in [6.45, 7) is 2.28. The Bertz CT molecular complexity index is 913. The van der Waals surface area contributed by atoms with E-state index in [1.54, 1.807) is 30.0 Å². The van der Waals surface area contributed by atoms with Crippen molar-refractivity contribution in [3.05, 3.63) is 58.1 Å². The SMILES string of the molecule is CNC(=O)c1c(C)cccc1NC(=O)C1CCN(c2cccc(Br)c2)C1=O. The Labute approximate surface area is 166 Å². The van der Waals surface area contributed by atoms with E-state index in [0.717, 1.165) is 15.7 Å². The van der Waals surface area contributed by atoms with Crippen LogP contribution >= 0.6 is 15.9 Å². The van der Waals surface area contributed by atoms with E-state index in [1.165, 1.54) is 7.05 Å². The van der Waals surface area contributed by atoms with Gasteiger partial charge in [-0.15, -0.1) is 0 Å². The van der Waals surface area contributed by atoms with E-state index < -0.39 is 11.8 Å². The number of rotatable bonds is 4. The molecule has 0 aromatic heterocycles. The first-order valence-corrected chi connectivity index (χ1v) is 9.41. The van der Waals surface area contributed by atoms with Gasteiger partial charge in [-0.25, -0.2) is 0 Å². The van der Waals surface area contributed by atoms with Crippen molar-refractivity contribution in [3.63, 3.8) is 0 Å². The number of nitrogens with zero attached hydrogens (tertiary/aromatic N) is 1. The number of benzene rings is 2. The maximum atomic E-state index is 12.8. The molecule has 0 saturated carbocycles. The lowest BCUT2D eigenvalue weighted by Gasteiger charge is -2.18. The molecular weight excluding hydrogens is 410 g/mol. The maximum absolute atomic E-state index is 12.8. The number of anilines is 2. The van der Waals surface area contributed by atoms with Gasteiger partial charge in [-0.3, -0.25) is 14.4 Å². The van der Waals surface area contributed by atoms with E-state index in [1.807, 2.05) is 24.3 Å². The fraction of sp³-hybridized carbons (Fsp3) is 0.250. The molecule has 0 aliphatic carbocycles. The van der Waals surface area contributed by atoms with Crippen LogP contribution in [-0.2, 0) is 9.59 Å². The van der Waals surface area contributed by atoms with Crippen molar-refractivity contribution in [3.8, 4) is 0 Å². The van der Waals surface area contributed by atoms with Gasteiger partial charge in [0.15, 0.2) is 0 Å². The minimum Gasteiger partial charge on any atom is -0.355 e. The predicted molar refractivity (Wildman–Crippen MR) is 108 cm³/mol. The predicted octanol–water partition coefficient (Wildman–Crippen LogP) is 3.11. The Hall–Kier alpha value is -2.67. The van der Waals surface area contributed by atoms with Crippen molar-refractivity contribution in [1.82, 2.24) is 5.32 Å². The average molecular weight is 430 g/mol. The van der Waals surface area contributed by atoms with Crippen molar-refractivity contribution in [2.24, 2.45) is 5.92 Å². The van der Waals surface area contributed by atoms with Gasteiger partial charge in [0.2, 0.25) is 11.8 Å². The zero-order chi connectivity index (χ0) is 19.6. The standard InChI is InChI=1S/C20H20BrN3O3/c1-12-5-3-8-16(17(12)19(26)22-2)23-18(25)15-9-10-24(20(15)27)14-7-4-6-13(21)11-14/h3-8,11,15H,9-10H2,1-2H3,(H,22,26)(H,23,25). The first kappa shape index (κ1) is 19.1. The first-order valence-electron chi connectivity index (χ1n) is 8.62. The van der Waals surface area contributed by atoms with Crippen LogP contribution in [0.1, 0.15) is 22.3 Å². The second-order valence-corrected chi connectivity index (χ2v) is 7.29. The molecule has 1 fully saturated rings. The molecule has 2 aromatic carbocycles. The number of amides is 3. The Morgan fingerprint density at radius 3 is 2.63 bits per heavy atom. The second kappa shape index (κ2) is 7.92. The molecule has 1 heterocycles. The van der Waals surface area contributed by atoms with Gasteiger partial charge in [0.05, 0.1) is 11.3 Å². The highest BCUT2D eigenvalue weighted by molar-refractivity contribution is 9.10. The van der Waals surface area contributed by atoms with E-state index in [0.29, 0.717) is 24.2 Å². The molecule has 2 aromatic rings. The lowest BCUT2D eigenvalue weighted by molar-refractivity contribution is -0.129. The van der Waals surface area contributed by atoms with Crippen molar-refractivity contribution in [2.45, 2.75) is 13.3 Å². The lowest BCUT2D eigenvalue weighted by Crippen LogP contribution is -2.33. The summed E-state index contributed by atoms with van der Waals surface area (Å²) in [5.74, 6) is -1.69. The van der Waals surface area contributed by atoms with Gasteiger partial charge in [0.25, 0.3) is 5.91 Å². The van der Waals surface area contributed by atoms with Gasteiger partial charge in [0, 0.05) is 23.8 Å². The molecule has 1 aliphatic rings. The molecule has 1 saturated heterocycles. The van der Waals surface area contributed by atoms with Crippen LogP contribution in [0.25, 0.3) is 0 Å². The molecule has 140 valence electrons. The topological polar surface area (TPSA) is 78.5 Å². The highest BCUT2D eigenvalue weighted by Gasteiger charge is 2.38. The van der Waals surface area contributed by atoms with E-state index in [-0.39, 0.29) is 11.8 Å². The number of aryl methyl sites for hydroxylation is 1. The first-order chi connectivity index (χ1) is 12.9. The quantitative estimate of drug-likeness (QED) is 0.732. The molecular formula is C20H20BrN3O3. The Balaban J connectivity index is 1.79. The van der Waals surface area contributed by atoms with Crippen LogP contribution in [0, 0.1) is 12.8 Å². The minimum absolute atomic E-state index is 0.236.